The highest BCUT2D eigenvalue weighted by molar-refractivity contribution is 6.30. The van der Waals surface area contributed by atoms with E-state index in [-0.39, 0.29) is 17.5 Å². The van der Waals surface area contributed by atoms with E-state index < -0.39 is 0 Å². The second-order valence-corrected chi connectivity index (χ2v) is 6.81. The zero-order valence-corrected chi connectivity index (χ0v) is 14.3. The number of nitrogens with zero attached hydrogens (tertiary/aromatic N) is 1. The van der Waals surface area contributed by atoms with Crippen molar-refractivity contribution in [2.75, 3.05) is 0 Å². The summed E-state index contributed by atoms with van der Waals surface area (Å²) in [5.41, 5.74) is 1.93. The zero-order valence-electron chi connectivity index (χ0n) is 13.5. The number of hydrogen-bond donors (Lipinski definition) is 1. The van der Waals surface area contributed by atoms with Crippen molar-refractivity contribution in [3.63, 3.8) is 0 Å². The van der Waals surface area contributed by atoms with Crippen LogP contribution < -0.4 is 10.9 Å². The van der Waals surface area contributed by atoms with Gasteiger partial charge in [0, 0.05) is 22.5 Å². The fourth-order valence-electron chi connectivity index (χ4n) is 2.99. The molecule has 0 atom stereocenters. The molecule has 1 heterocycles. The molecule has 1 fully saturated rings. The summed E-state index contributed by atoms with van der Waals surface area (Å²) in [5, 5.41) is 4.38. The normalized spacial score (nSPS) is 13.8. The molecule has 25 heavy (non-hydrogen) atoms. The van der Waals surface area contributed by atoms with Crippen LogP contribution in [0, 0.1) is 0 Å². The van der Waals surface area contributed by atoms with Gasteiger partial charge >= 0.3 is 0 Å². The molecule has 0 unspecified atom stereocenters. The summed E-state index contributed by atoms with van der Waals surface area (Å²) in [6.07, 6.45) is 2.02. The first kappa shape index (κ1) is 15.9. The molecule has 0 spiro atoms. The van der Waals surface area contributed by atoms with Crippen LogP contribution in [-0.4, -0.2) is 16.5 Å². The predicted molar refractivity (Wildman–Crippen MR) is 99.3 cm³/mol. The van der Waals surface area contributed by atoms with Gasteiger partial charge in [-0.1, -0.05) is 41.9 Å². The average molecular weight is 353 g/mol. The zero-order chi connectivity index (χ0) is 17.4. The third-order valence-electron chi connectivity index (χ3n) is 4.41. The van der Waals surface area contributed by atoms with Crippen LogP contribution >= 0.6 is 11.6 Å². The second kappa shape index (κ2) is 6.37. The van der Waals surface area contributed by atoms with E-state index in [1.165, 1.54) is 6.07 Å². The van der Waals surface area contributed by atoms with Crippen molar-refractivity contribution in [2.24, 2.45) is 0 Å². The number of carbonyl (C=O) groups excluding carboxylic acids is 1. The van der Waals surface area contributed by atoms with Crippen molar-refractivity contribution in [1.29, 1.82) is 0 Å². The number of rotatable bonds is 4. The van der Waals surface area contributed by atoms with Gasteiger partial charge in [0.1, 0.15) is 0 Å². The molecule has 1 saturated carbocycles. The summed E-state index contributed by atoms with van der Waals surface area (Å²) < 4.78 is 1.68. The quantitative estimate of drug-likeness (QED) is 0.780. The van der Waals surface area contributed by atoms with Gasteiger partial charge in [0.25, 0.3) is 11.5 Å². The van der Waals surface area contributed by atoms with Gasteiger partial charge in [0.05, 0.1) is 17.6 Å². The van der Waals surface area contributed by atoms with E-state index >= 15 is 0 Å². The number of halogens is 1. The highest BCUT2D eigenvalue weighted by Crippen LogP contribution is 2.22. The van der Waals surface area contributed by atoms with Gasteiger partial charge in [-0.05, 0) is 36.6 Å². The molecular weight excluding hydrogens is 336 g/mol. The number of fused-ring (bicyclic) bond motifs is 1. The lowest BCUT2D eigenvalue weighted by atomic mass is 10.1. The minimum atomic E-state index is -0.195. The molecule has 1 amide bonds. The second-order valence-electron chi connectivity index (χ2n) is 6.38. The van der Waals surface area contributed by atoms with E-state index in [0.717, 1.165) is 29.3 Å². The Balaban J connectivity index is 1.81. The van der Waals surface area contributed by atoms with Crippen LogP contribution in [0.25, 0.3) is 10.9 Å². The largest absolute Gasteiger partial charge is 0.349 e. The topological polar surface area (TPSA) is 51.1 Å². The molecule has 4 nitrogen and oxygen atoms in total. The summed E-state index contributed by atoms with van der Waals surface area (Å²) in [6.45, 7) is 0.407. The number of carbonyl (C=O) groups is 1. The van der Waals surface area contributed by atoms with E-state index in [1.807, 2.05) is 42.5 Å². The third-order valence-corrected chi connectivity index (χ3v) is 4.64. The smallest absolute Gasteiger partial charge is 0.252 e. The molecule has 1 N–H and O–H groups in total. The summed E-state index contributed by atoms with van der Waals surface area (Å²) in [4.78, 5) is 25.2. The summed E-state index contributed by atoms with van der Waals surface area (Å²) in [7, 11) is 0. The summed E-state index contributed by atoms with van der Waals surface area (Å²) in [6, 6.07) is 16.6. The average Bonchev–Trinajstić information content (AvgIpc) is 3.41. The Morgan fingerprint density at radius 2 is 1.92 bits per heavy atom. The van der Waals surface area contributed by atoms with Gasteiger partial charge in [0.15, 0.2) is 0 Å². The predicted octanol–water partition coefficient (Wildman–Crippen LogP) is 3.60. The van der Waals surface area contributed by atoms with Crippen LogP contribution in [0.3, 0.4) is 0 Å². The summed E-state index contributed by atoms with van der Waals surface area (Å²) in [5.74, 6) is -0.175. The molecule has 4 rings (SSSR count). The molecule has 1 aliphatic carbocycles. The van der Waals surface area contributed by atoms with Crippen molar-refractivity contribution in [2.45, 2.75) is 25.4 Å². The maximum absolute atomic E-state index is 12.7. The molecule has 0 radical (unpaired) electrons. The number of benzene rings is 2. The van der Waals surface area contributed by atoms with Crippen LogP contribution in [-0.2, 0) is 6.54 Å². The minimum Gasteiger partial charge on any atom is -0.349 e. The molecule has 2 aromatic carbocycles. The van der Waals surface area contributed by atoms with Crippen molar-refractivity contribution < 1.29 is 4.79 Å². The van der Waals surface area contributed by atoms with Crippen LogP contribution in [0.15, 0.2) is 59.4 Å². The Kier molecular flexibility index (Phi) is 4.06. The Morgan fingerprint density at radius 1 is 1.12 bits per heavy atom. The lowest BCUT2D eigenvalue weighted by molar-refractivity contribution is 0.0952. The highest BCUT2D eigenvalue weighted by atomic mass is 35.5. The van der Waals surface area contributed by atoms with Crippen molar-refractivity contribution in [3.05, 3.63) is 81.1 Å². The molecule has 1 aliphatic rings. The van der Waals surface area contributed by atoms with Crippen molar-refractivity contribution in [1.82, 2.24) is 9.88 Å². The molecule has 1 aromatic heterocycles. The monoisotopic (exact) mass is 352 g/mol. The van der Waals surface area contributed by atoms with Crippen molar-refractivity contribution >= 4 is 28.4 Å². The molecule has 0 saturated heterocycles. The number of pyridine rings is 1. The number of amides is 1. The van der Waals surface area contributed by atoms with Gasteiger partial charge < -0.3 is 9.88 Å². The molecule has 0 aliphatic heterocycles. The highest BCUT2D eigenvalue weighted by Gasteiger charge is 2.25. The van der Waals surface area contributed by atoms with Gasteiger partial charge in [-0.3, -0.25) is 9.59 Å². The van der Waals surface area contributed by atoms with Crippen LogP contribution in [0.1, 0.15) is 28.8 Å². The first-order valence-electron chi connectivity index (χ1n) is 8.30. The molecule has 0 bridgehead atoms. The first-order chi connectivity index (χ1) is 12.1. The van der Waals surface area contributed by atoms with Gasteiger partial charge in [-0.25, -0.2) is 0 Å². The molecule has 5 heteroatoms. The van der Waals surface area contributed by atoms with E-state index in [1.54, 1.807) is 10.6 Å². The number of aromatic nitrogens is 1. The SMILES string of the molecule is O=C(NC1CC1)c1cc(=O)n(Cc2cccc(Cl)c2)c2ccccc12. The Morgan fingerprint density at radius 3 is 2.68 bits per heavy atom. The Hall–Kier alpha value is -2.59. The van der Waals surface area contributed by atoms with E-state index in [0.29, 0.717) is 17.1 Å². The number of nitrogens with one attached hydrogen (secondary N) is 1. The Labute approximate surface area is 150 Å². The van der Waals surface area contributed by atoms with Crippen molar-refractivity contribution in [3.8, 4) is 0 Å². The van der Waals surface area contributed by atoms with Gasteiger partial charge in [0.2, 0.25) is 0 Å². The van der Waals surface area contributed by atoms with E-state index in [9.17, 15) is 9.59 Å². The fraction of sp³-hybridized carbons (Fsp3) is 0.200. The van der Waals surface area contributed by atoms with Crippen LogP contribution in [0.4, 0.5) is 0 Å². The van der Waals surface area contributed by atoms with E-state index in [4.69, 9.17) is 11.6 Å². The molecule has 3 aromatic rings. The van der Waals surface area contributed by atoms with Gasteiger partial charge in [-0.2, -0.15) is 0 Å². The molecular formula is C20H17ClN2O2. The number of para-hydroxylation sites is 1. The lowest BCUT2D eigenvalue weighted by Gasteiger charge is -2.14. The number of hydrogen-bond acceptors (Lipinski definition) is 2. The maximum Gasteiger partial charge on any atom is 0.252 e. The van der Waals surface area contributed by atoms with Crippen LogP contribution in [0.2, 0.25) is 5.02 Å². The van der Waals surface area contributed by atoms with Crippen LogP contribution in [0.5, 0.6) is 0 Å². The standard InChI is InChI=1S/C20H17ClN2O2/c21-14-5-3-4-13(10-14)12-23-18-7-2-1-6-16(18)17(11-19(23)24)20(25)22-15-8-9-15/h1-7,10-11,15H,8-9,12H2,(H,22,25). The first-order valence-corrected chi connectivity index (χ1v) is 8.67. The lowest BCUT2D eigenvalue weighted by Crippen LogP contribution is -2.29. The third kappa shape index (κ3) is 3.30. The molecule has 126 valence electrons. The maximum atomic E-state index is 12.7. The minimum absolute atomic E-state index is 0.175. The van der Waals surface area contributed by atoms with Gasteiger partial charge in [-0.15, -0.1) is 0 Å². The van der Waals surface area contributed by atoms with E-state index in [2.05, 4.69) is 5.32 Å². The fourth-order valence-corrected chi connectivity index (χ4v) is 3.21. The summed E-state index contributed by atoms with van der Waals surface area (Å²) >= 11 is 6.05. The Bertz CT molecular complexity index is 1020.